The van der Waals surface area contributed by atoms with Gasteiger partial charge in [0.25, 0.3) is 0 Å². The van der Waals surface area contributed by atoms with Crippen molar-refractivity contribution in [2.24, 2.45) is 0 Å². The van der Waals surface area contributed by atoms with E-state index in [1.807, 2.05) is 13.0 Å². The summed E-state index contributed by atoms with van der Waals surface area (Å²) in [6.07, 6.45) is 2.32. The van der Waals surface area contributed by atoms with Gasteiger partial charge in [0.1, 0.15) is 11.6 Å². The third kappa shape index (κ3) is 3.93. The predicted octanol–water partition coefficient (Wildman–Crippen LogP) is 4.65. The van der Waals surface area contributed by atoms with Crippen molar-refractivity contribution in [2.75, 3.05) is 10.6 Å². The maximum Gasteiger partial charge on any atom is 0.311 e. The molecule has 1 aliphatic carbocycles. The number of pyridine rings is 1. The van der Waals surface area contributed by atoms with Gasteiger partial charge in [-0.15, -0.1) is 0 Å². The van der Waals surface area contributed by atoms with Gasteiger partial charge in [-0.3, -0.25) is 15.2 Å². The van der Waals surface area contributed by atoms with Crippen LogP contribution in [0.4, 0.5) is 27.5 Å². The van der Waals surface area contributed by atoms with E-state index >= 15 is 0 Å². The second kappa shape index (κ2) is 7.26. The van der Waals surface area contributed by atoms with Crippen LogP contribution in [0.3, 0.4) is 0 Å². The first-order valence-electron chi connectivity index (χ1n) is 8.99. The number of aromatic amines is 1. The molecule has 0 saturated heterocycles. The highest BCUT2D eigenvalue weighted by Crippen LogP contribution is 2.39. The average Bonchev–Trinajstić information content (AvgIpc) is 3.42. The van der Waals surface area contributed by atoms with Gasteiger partial charge in [0, 0.05) is 23.7 Å². The van der Waals surface area contributed by atoms with Crippen LogP contribution >= 0.6 is 0 Å². The van der Waals surface area contributed by atoms with Crippen molar-refractivity contribution in [3.8, 4) is 0 Å². The zero-order valence-electron chi connectivity index (χ0n) is 15.1. The second-order valence-electron chi connectivity index (χ2n) is 6.85. The number of halogens is 1. The Morgan fingerprint density at radius 1 is 1.21 bits per heavy atom. The second-order valence-corrected chi connectivity index (χ2v) is 6.85. The molecule has 3 aromatic rings. The van der Waals surface area contributed by atoms with Crippen molar-refractivity contribution in [2.45, 2.75) is 31.7 Å². The van der Waals surface area contributed by atoms with Crippen molar-refractivity contribution in [3.05, 3.63) is 69.7 Å². The molecule has 0 aliphatic heterocycles. The summed E-state index contributed by atoms with van der Waals surface area (Å²) in [7, 11) is 0. The van der Waals surface area contributed by atoms with E-state index in [9.17, 15) is 14.5 Å². The van der Waals surface area contributed by atoms with Gasteiger partial charge >= 0.3 is 5.69 Å². The Bertz CT molecular complexity index is 1000. The summed E-state index contributed by atoms with van der Waals surface area (Å²) in [5.74, 6) is 1.39. The highest BCUT2D eigenvalue weighted by Gasteiger charge is 2.25. The summed E-state index contributed by atoms with van der Waals surface area (Å²) in [5, 5.41) is 24.7. The smallest absolute Gasteiger partial charge is 0.311 e. The van der Waals surface area contributed by atoms with Gasteiger partial charge in [-0.2, -0.15) is 5.10 Å². The summed E-state index contributed by atoms with van der Waals surface area (Å²) < 4.78 is 13.1. The van der Waals surface area contributed by atoms with E-state index in [2.05, 4.69) is 25.8 Å². The monoisotopic (exact) mass is 382 g/mol. The van der Waals surface area contributed by atoms with Crippen molar-refractivity contribution in [1.82, 2.24) is 15.2 Å². The number of rotatable bonds is 7. The Hall–Kier alpha value is -3.49. The van der Waals surface area contributed by atoms with Crippen molar-refractivity contribution >= 4 is 23.1 Å². The first kappa shape index (κ1) is 17.9. The quantitative estimate of drug-likeness (QED) is 0.405. The van der Waals surface area contributed by atoms with E-state index in [1.165, 1.54) is 24.3 Å². The lowest BCUT2D eigenvalue weighted by molar-refractivity contribution is -0.384. The normalized spacial score (nSPS) is 14.5. The number of nitro groups is 1. The molecule has 9 heteroatoms. The lowest BCUT2D eigenvalue weighted by Gasteiger charge is -2.15. The number of nitrogens with one attached hydrogen (secondary N) is 3. The third-order valence-electron chi connectivity index (χ3n) is 4.66. The SMILES string of the molecule is C[C@@H](Nc1nc(Nc2cc(C3CC3)[nH]n2)ccc1[N+](=O)[O-])c1ccc(F)cc1. The predicted molar refractivity (Wildman–Crippen MR) is 103 cm³/mol. The molecule has 1 atom stereocenters. The first-order chi connectivity index (χ1) is 13.5. The van der Waals surface area contributed by atoms with E-state index in [-0.39, 0.29) is 23.4 Å². The number of anilines is 3. The van der Waals surface area contributed by atoms with Crippen LogP contribution in [-0.4, -0.2) is 20.1 Å². The molecule has 144 valence electrons. The molecule has 28 heavy (non-hydrogen) atoms. The van der Waals surface area contributed by atoms with Crippen LogP contribution in [-0.2, 0) is 0 Å². The number of hydrogen-bond donors (Lipinski definition) is 3. The maximum absolute atomic E-state index is 13.1. The molecule has 0 bridgehead atoms. The van der Waals surface area contributed by atoms with E-state index in [1.54, 1.807) is 12.1 Å². The fraction of sp³-hybridized carbons (Fsp3) is 0.263. The molecule has 0 radical (unpaired) electrons. The average molecular weight is 382 g/mol. The Kier molecular flexibility index (Phi) is 4.64. The molecule has 1 fully saturated rings. The van der Waals surface area contributed by atoms with E-state index in [0.717, 1.165) is 24.1 Å². The summed E-state index contributed by atoms with van der Waals surface area (Å²) in [5.41, 5.74) is 1.73. The molecule has 2 aromatic heterocycles. The molecule has 1 aromatic carbocycles. The highest BCUT2D eigenvalue weighted by molar-refractivity contribution is 5.63. The van der Waals surface area contributed by atoms with Crippen LogP contribution in [0, 0.1) is 15.9 Å². The number of nitrogens with zero attached hydrogens (tertiary/aromatic N) is 3. The van der Waals surface area contributed by atoms with Crippen molar-refractivity contribution < 1.29 is 9.31 Å². The molecule has 1 aliphatic rings. The van der Waals surface area contributed by atoms with Crippen LogP contribution in [0.5, 0.6) is 0 Å². The molecule has 8 nitrogen and oxygen atoms in total. The minimum Gasteiger partial charge on any atom is -0.358 e. The van der Waals surface area contributed by atoms with Gasteiger partial charge < -0.3 is 10.6 Å². The molecule has 3 N–H and O–H groups in total. The van der Waals surface area contributed by atoms with Gasteiger partial charge in [-0.05, 0) is 43.5 Å². The molecular formula is C19H19FN6O2. The zero-order chi connectivity index (χ0) is 19.7. The Morgan fingerprint density at radius 3 is 2.64 bits per heavy atom. The zero-order valence-corrected chi connectivity index (χ0v) is 15.1. The number of hydrogen-bond acceptors (Lipinski definition) is 6. The molecule has 2 heterocycles. The van der Waals surface area contributed by atoms with Gasteiger partial charge in [-0.25, -0.2) is 9.37 Å². The van der Waals surface area contributed by atoms with Crippen LogP contribution in [0.1, 0.15) is 43.0 Å². The Balaban J connectivity index is 1.55. The van der Waals surface area contributed by atoms with E-state index in [4.69, 9.17) is 0 Å². The van der Waals surface area contributed by atoms with Gasteiger partial charge in [0.15, 0.2) is 5.82 Å². The number of benzene rings is 1. The maximum atomic E-state index is 13.1. The standard InChI is InChI=1S/C19H19FN6O2/c1-11(12-4-6-14(20)7-5-12)21-19-16(26(27)28)8-9-17(23-19)22-18-10-15(24-25-18)13-2-3-13/h4-11,13H,2-3H2,1H3,(H3,21,22,23,24,25)/t11-/m1/s1. The minimum absolute atomic E-state index is 0.129. The van der Waals surface area contributed by atoms with Gasteiger partial charge in [0.2, 0.25) is 5.82 Å². The Labute approximate surface area is 160 Å². The number of aromatic nitrogens is 3. The molecule has 0 unspecified atom stereocenters. The number of H-pyrrole nitrogens is 1. The van der Waals surface area contributed by atoms with Crippen molar-refractivity contribution in [3.63, 3.8) is 0 Å². The lowest BCUT2D eigenvalue weighted by Crippen LogP contribution is -2.10. The van der Waals surface area contributed by atoms with Crippen LogP contribution in [0.2, 0.25) is 0 Å². The third-order valence-corrected chi connectivity index (χ3v) is 4.66. The minimum atomic E-state index is -0.490. The fourth-order valence-electron chi connectivity index (χ4n) is 2.95. The molecule has 0 amide bonds. The first-order valence-corrected chi connectivity index (χ1v) is 8.99. The van der Waals surface area contributed by atoms with Gasteiger partial charge in [-0.1, -0.05) is 12.1 Å². The highest BCUT2D eigenvalue weighted by atomic mass is 19.1. The van der Waals surface area contributed by atoms with E-state index < -0.39 is 4.92 Å². The Morgan fingerprint density at radius 2 is 1.96 bits per heavy atom. The topological polar surface area (TPSA) is 109 Å². The van der Waals surface area contributed by atoms with Crippen molar-refractivity contribution in [1.29, 1.82) is 0 Å². The molecule has 4 rings (SSSR count). The molecule has 1 saturated carbocycles. The molecular weight excluding hydrogens is 363 g/mol. The van der Waals surface area contributed by atoms with E-state index in [0.29, 0.717) is 17.6 Å². The van der Waals surface area contributed by atoms with Crippen LogP contribution in [0.25, 0.3) is 0 Å². The van der Waals surface area contributed by atoms with Crippen LogP contribution in [0.15, 0.2) is 42.5 Å². The summed E-state index contributed by atoms with van der Waals surface area (Å²) in [4.78, 5) is 15.2. The summed E-state index contributed by atoms with van der Waals surface area (Å²) >= 11 is 0. The van der Waals surface area contributed by atoms with Crippen LogP contribution < -0.4 is 10.6 Å². The fourth-order valence-corrected chi connectivity index (χ4v) is 2.95. The largest absolute Gasteiger partial charge is 0.358 e. The van der Waals surface area contributed by atoms with Gasteiger partial charge in [0.05, 0.1) is 11.0 Å². The molecule has 0 spiro atoms. The summed E-state index contributed by atoms with van der Waals surface area (Å²) in [6, 6.07) is 10.5. The lowest BCUT2D eigenvalue weighted by atomic mass is 10.1. The summed E-state index contributed by atoms with van der Waals surface area (Å²) in [6.45, 7) is 1.83.